The molecule has 0 aliphatic carbocycles. The normalized spacial score (nSPS) is 24.3. The Labute approximate surface area is 145 Å². The van der Waals surface area contributed by atoms with Gasteiger partial charge >= 0.3 is 0 Å². The summed E-state index contributed by atoms with van der Waals surface area (Å²) in [4.78, 5) is 33.3. The Morgan fingerprint density at radius 3 is 2.92 bits per heavy atom. The van der Waals surface area contributed by atoms with E-state index in [2.05, 4.69) is 4.98 Å². The fourth-order valence-corrected chi connectivity index (χ4v) is 4.09. The van der Waals surface area contributed by atoms with E-state index in [1.165, 1.54) is 0 Å². The van der Waals surface area contributed by atoms with E-state index < -0.39 is 5.41 Å². The second-order valence-electron chi connectivity index (χ2n) is 6.83. The molecule has 1 atom stereocenters. The maximum absolute atomic E-state index is 12.8. The maximum Gasteiger partial charge on any atom is 0.274 e. The third-order valence-corrected chi connectivity index (χ3v) is 5.45. The molecule has 2 aliphatic rings. The summed E-state index contributed by atoms with van der Waals surface area (Å²) in [6, 6.07) is 3.53. The fraction of sp³-hybridized carbons (Fsp3) is 0.471. The molecule has 6 nitrogen and oxygen atoms in total. The van der Waals surface area contributed by atoms with E-state index in [9.17, 15) is 9.59 Å². The lowest BCUT2D eigenvalue weighted by Crippen LogP contribution is -2.48. The molecular weight excluding hydrogens is 328 g/mol. The minimum Gasteiger partial charge on any atom is -0.345 e. The van der Waals surface area contributed by atoms with Crippen molar-refractivity contribution in [1.82, 2.24) is 19.2 Å². The highest BCUT2D eigenvalue weighted by Gasteiger charge is 2.48. The quantitative estimate of drug-likeness (QED) is 0.794. The lowest BCUT2D eigenvalue weighted by Gasteiger charge is -2.37. The molecule has 7 heteroatoms. The van der Waals surface area contributed by atoms with Crippen molar-refractivity contribution in [2.45, 2.75) is 19.3 Å². The van der Waals surface area contributed by atoms with Crippen LogP contribution in [0.2, 0.25) is 5.02 Å². The number of rotatable bonds is 1. The molecule has 2 saturated heterocycles. The van der Waals surface area contributed by atoms with Crippen molar-refractivity contribution in [3.63, 3.8) is 0 Å². The van der Waals surface area contributed by atoms with E-state index in [4.69, 9.17) is 11.6 Å². The number of fused-ring (bicyclic) bond motifs is 1. The predicted octanol–water partition coefficient (Wildman–Crippen LogP) is 2.07. The van der Waals surface area contributed by atoms with Crippen LogP contribution in [0.15, 0.2) is 24.5 Å². The molecule has 4 heterocycles. The molecule has 2 amide bonds. The zero-order valence-corrected chi connectivity index (χ0v) is 14.3. The minimum atomic E-state index is -0.398. The van der Waals surface area contributed by atoms with Gasteiger partial charge in [0.2, 0.25) is 5.91 Å². The van der Waals surface area contributed by atoms with E-state index in [-0.39, 0.29) is 11.8 Å². The van der Waals surface area contributed by atoms with Crippen molar-refractivity contribution in [2.75, 3.05) is 26.7 Å². The second kappa shape index (κ2) is 5.48. The van der Waals surface area contributed by atoms with Crippen LogP contribution in [0.5, 0.6) is 0 Å². The third kappa shape index (κ3) is 2.36. The number of likely N-dealkylation sites (tertiary alicyclic amines) is 2. The molecule has 0 aromatic carbocycles. The summed E-state index contributed by atoms with van der Waals surface area (Å²) in [5.74, 6) is 0.0542. The van der Waals surface area contributed by atoms with Gasteiger partial charge in [-0.25, -0.2) is 4.98 Å². The molecule has 0 unspecified atom stereocenters. The van der Waals surface area contributed by atoms with E-state index in [1.807, 2.05) is 7.05 Å². The van der Waals surface area contributed by atoms with Gasteiger partial charge in [0.1, 0.15) is 11.3 Å². The van der Waals surface area contributed by atoms with E-state index >= 15 is 0 Å². The first-order valence-corrected chi connectivity index (χ1v) is 8.55. The van der Waals surface area contributed by atoms with Crippen LogP contribution in [0.25, 0.3) is 5.65 Å². The molecule has 2 fully saturated rings. The number of hydrogen-bond donors (Lipinski definition) is 0. The van der Waals surface area contributed by atoms with Crippen molar-refractivity contribution in [3.8, 4) is 0 Å². The summed E-state index contributed by atoms with van der Waals surface area (Å²) in [5.41, 5.74) is 0.682. The molecule has 0 radical (unpaired) electrons. The number of imidazole rings is 1. The summed E-state index contributed by atoms with van der Waals surface area (Å²) < 4.78 is 1.75. The van der Waals surface area contributed by atoms with Crippen LogP contribution >= 0.6 is 11.6 Å². The lowest BCUT2D eigenvalue weighted by molar-refractivity contribution is -0.143. The minimum absolute atomic E-state index is 0.118. The average Bonchev–Trinajstić information content (AvgIpc) is 3.16. The van der Waals surface area contributed by atoms with Gasteiger partial charge in [-0.2, -0.15) is 0 Å². The van der Waals surface area contributed by atoms with Gasteiger partial charge in [-0.3, -0.25) is 9.59 Å². The summed E-state index contributed by atoms with van der Waals surface area (Å²) in [6.07, 6.45) is 6.02. The van der Waals surface area contributed by atoms with Crippen molar-refractivity contribution >= 4 is 29.1 Å². The summed E-state index contributed by atoms with van der Waals surface area (Å²) in [5, 5.41) is 0.592. The molecule has 1 spiro atoms. The van der Waals surface area contributed by atoms with Gasteiger partial charge in [-0.05, 0) is 31.4 Å². The molecule has 0 bridgehead atoms. The standard InChI is InChI=1S/C17H19ClN4O2/c1-20-7-2-5-17(16(20)24)6-8-21(11-17)15(23)13-10-22-9-12(18)3-4-14(22)19-13/h3-4,9-10H,2,5-8,11H2,1H3/t17-/m1/s1. The van der Waals surface area contributed by atoms with Crippen LogP contribution < -0.4 is 0 Å². The molecule has 0 N–H and O–H groups in total. The van der Waals surface area contributed by atoms with Crippen LogP contribution in [0.3, 0.4) is 0 Å². The van der Waals surface area contributed by atoms with Gasteiger partial charge in [-0.1, -0.05) is 11.6 Å². The molecule has 4 rings (SSSR count). The number of halogens is 1. The van der Waals surface area contributed by atoms with Crippen molar-refractivity contribution in [3.05, 3.63) is 35.2 Å². The SMILES string of the molecule is CN1CCC[C@]2(CCN(C(=O)c3cn4cc(Cl)ccc4n3)C2)C1=O. The highest BCUT2D eigenvalue weighted by molar-refractivity contribution is 6.30. The molecule has 0 saturated carbocycles. The number of piperidine rings is 1. The maximum atomic E-state index is 12.8. The molecule has 24 heavy (non-hydrogen) atoms. The first kappa shape index (κ1) is 15.4. The van der Waals surface area contributed by atoms with Gasteiger partial charge in [0.05, 0.1) is 10.4 Å². The molecule has 2 aromatic heterocycles. The van der Waals surface area contributed by atoms with Crippen LogP contribution in [0.1, 0.15) is 29.8 Å². The number of aromatic nitrogens is 2. The highest BCUT2D eigenvalue weighted by atomic mass is 35.5. The van der Waals surface area contributed by atoms with Gasteiger partial charge in [0.15, 0.2) is 0 Å². The Hall–Kier alpha value is -2.08. The zero-order valence-electron chi connectivity index (χ0n) is 13.5. The number of carbonyl (C=O) groups excluding carboxylic acids is 2. The number of hydrogen-bond acceptors (Lipinski definition) is 3. The molecular formula is C17H19ClN4O2. The monoisotopic (exact) mass is 346 g/mol. The van der Waals surface area contributed by atoms with Gasteiger partial charge < -0.3 is 14.2 Å². The number of nitrogens with zero attached hydrogens (tertiary/aromatic N) is 4. The Balaban J connectivity index is 1.57. The number of pyridine rings is 1. The van der Waals surface area contributed by atoms with E-state index in [0.717, 1.165) is 25.8 Å². The van der Waals surface area contributed by atoms with Crippen LogP contribution in [0.4, 0.5) is 0 Å². The average molecular weight is 347 g/mol. The molecule has 126 valence electrons. The van der Waals surface area contributed by atoms with Crippen molar-refractivity contribution in [1.29, 1.82) is 0 Å². The molecule has 2 aromatic rings. The summed E-state index contributed by atoms with van der Waals surface area (Å²) in [7, 11) is 1.85. The highest BCUT2D eigenvalue weighted by Crippen LogP contribution is 2.40. The van der Waals surface area contributed by atoms with Gasteiger partial charge in [0, 0.05) is 39.1 Å². The fourth-order valence-electron chi connectivity index (χ4n) is 3.92. The Kier molecular flexibility index (Phi) is 3.53. The Morgan fingerprint density at radius 1 is 1.25 bits per heavy atom. The first-order valence-electron chi connectivity index (χ1n) is 8.18. The third-order valence-electron chi connectivity index (χ3n) is 5.22. The number of amides is 2. The smallest absolute Gasteiger partial charge is 0.274 e. The zero-order chi connectivity index (χ0) is 16.9. The second-order valence-corrected chi connectivity index (χ2v) is 7.26. The first-order chi connectivity index (χ1) is 11.5. The summed E-state index contributed by atoms with van der Waals surface area (Å²) in [6.45, 7) is 1.90. The lowest BCUT2D eigenvalue weighted by atomic mass is 9.78. The molecule has 2 aliphatic heterocycles. The number of carbonyl (C=O) groups is 2. The van der Waals surface area contributed by atoms with E-state index in [1.54, 1.807) is 38.7 Å². The Bertz CT molecular complexity index is 833. The van der Waals surface area contributed by atoms with Crippen LogP contribution in [-0.2, 0) is 4.79 Å². The largest absolute Gasteiger partial charge is 0.345 e. The topological polar surface area (TPSA) is 57.9 Å². The van der Waals surface area contributed by atoms with Gasteiger partial charge in [-0.15, -0.1) is 0 Å². The summed E-state index contributed by atoms with van der Waals surface area (Å²) >= 11 is 5.98. The van der Waals surface area contributed by atoms with Crippen molar-refractivity contribution < 1.29 is 9.59 Å². The van der Waals surface area contributed by atoms with Gasteiger partial charge in [0.25, 0.3) is 5.91 Å². The van der Waals surface area contributed by atoms with E-state index in [0.29, 0.717) is 29.5 Å². The van der Waals surface area contributed by atoms with Crippen LogP contribution in [0, 0.1) is 5.41 Å². The predicted molar refractivity (Wildman–Crippen MR) is 90.0 cm³/mol. The van der Waals surface area contributed by atoms with Crippen molar-refractivity contribution in [2.24, 2.45) is 5.41 Å². The van der Waals surface area contributed by atoms with Crippen LogP contribution in [-0.4, -0.2) is 57.7 Å². The Morgan fingerprint density at radius 2 is 2.08 bits per heavy atom.